The van der Waals surface area contributed by atoms with Gasteiger partial charge in [-0.05, 0) is 19.5 Å². The molecule has 5 heteroatoms. The summed E-state index contributed by atoms with van der Waals surface area (Å²) in [6.45, 7) is 4.75. The van der Waals surface area contributed by atoms with E-state index in [-0.39, 0.29) is 17.5 Å². The molecular weight excluding hydrogens is 257 g/mol. The Bertz CT molecular complexity index is 425. The van der Waals surface area contributed by atoms with Crippen molar-refractivity contribution in [3.05, 3.63) is 34.6 Å². The molecule has 0 aliphatic carbocycles. The lowest BCUT2D eigenvalue weighted by Gasteiger charge is -2.27. The molecule has 0 bridgehead atoms. The summed E-state index contributed by atoms with van der Waals surface area (Å²) in [7, 11) is 0. The highest BCUT2D eigenvalue weighted by atomic mass is 35.5. The van der Waals surface area contributed by atoms with Crippen molar-refractivity contribution in [1.82, 2.24) is 4.90 Å². The first kappa shape index (κ1) is 14.9. The molecule has 0 radical (unpaired) electrons. The summed E-state index contributed by atoms with van der Waals surface area (Å²) in [5, 5.41) is 8.86. The fraction of sp³-hybridized carbons (Fsp3) is 0.462. The van der Waals surface area contributed by atoms with E-state index in [0.717, 1.165) is 0 Å². The molecule has 1 unspecified atom stereocenters. The molecule has 0 aliphatic heterocycles. The van der Waals surface area contributed by atoms with Crippen LogP contribution >= 0.6 is 11.6 Å². The monoisotopic (exact) mass is 273 g/mol. The van der Waals surface area contributed by atoms with E-state index in [4.69, 9.17) is 16.7 Å². The van der Waals surface area contributed by atoms with Gasteiger partial charge in [-0.25, -0.2) is 4.39 Å². The van der Waals surface area contributed by atoms with Crippen molar-refractivity contribution in [1.29, 1.82) is 0 Å². The van der Waals surface area contributed by atoms with Crippen LogP contribution in [0.2, 0.25) is 5.02 Å². The number of rotatable bonds is 6. The van der Waals surface area contributed by atoms with E-state index in [1.807, 2.05) is 18.7 Å². The quantitative estimate of drug-likeness (QED) is 0.865. The number of hydrogen-bond donors (Lipinski definition) is 1. The van der Waals surface area contributed by atoms with E-state index in [9.17, 15) is 9.18 Å². The first-order chi connectivity index (χ1) is 8.45. The summed E-state index contributed by atoms with van der Waals surface area (Å²) in [6.07, 6.45) is 0.0377. The lowest BCUT2D eigenvalue weighted by molar-refractivity contribution is -0.138. The summed E-state index contributed by atoms with van der Waals surface area (Å²) in [5.74, 6) is -1.28. The molecule has 0 amide bonds. The van der Waals surface area contributed by atoms with Gasteiger partial charge in [-0.15, -0.1) is 0 Å². The molecule has 0 fully saturated rings. The average molecular weight is 274 g/mol. The first-order valence-electron chi connectivity index (χ1n) is 5.84. The Balaban J connectivity index is 2.79. The van der Waals surface area contributed by atoms with E-state index >= 15 is 0 Å². The summed E-state index contributed by atoms with van der Waals surface area (Å²) in [4.78, 5) is 12.6. The highest BCUT2D eigenvalue weighted by Crippen LogP contribution is 2.20. The number of nitrogens with zero attached hydrogens (tertiary/aromatic N) is 1. The number of halogens is 2. The van der Waals surface area contributed by atoms with E-state index in [1.165, 1.54) is 6.07 Å². The van der Waals surface area contributed by atoms with Gasteiger partial charge in [-0.1, -0.05) is 30.7 Å². The number of aliphatic carboxylic acids is 1. The van der Waals surface area contributed by atoms with Crippen LogP contribution in [0.1, 0.15) is 25.8 Å². The molecule has 0 heterocycles. The second kappa shape index (κ2) is 6.71. The highest BCUT2D eigenvalue weighted by molar-refractivity contribution is 6.30. The second-order valence-electron chi connectivity index (χ2n) is 4.22. The van der Waals surface area contributed by atoms with Gasteiger partial charge < -0.3 is 5.11 Å². The number of hydrogen-bond acceptors (Lipinski definition) is 2. The maximum absolute atomic E-state index is 13.7. The fourth-order valence-electron chi connectivity index (χ4n) is 1.85. The van der Waals surface area contributed by atoms with Crippen LogP contribution < -0.4 is 0 Å². The van der Waals surface area contributed by atoms with E-state index in [0.29, 0.717) is 18.7 Å². The molecular formula is C13H17ClFNO2. The zero-order valence-electron chi connectivity index (χ0n) is 10.5. The predicted molar refractivity (Wildman–Crippen MR) is 69.2 cm³/mol. The van der Waals surface area contributed by atoms with E-state index in [1.54, 1.807) is 12.1 Å². The number of carboxylic acid groups (broad SMARTS) is 1. The van der Waals surface area contributed by atoms with Crippen LogP contribution in [0, 0.1) is 5.82 Å². The number of carbonyl (C=O) groups is 1. The van der Waals surface area contributed by atoms with E-state index in [2.05, 4.69) is 0 Å². The minimum atomic E-state index is -0.854. The molecule has 1 aromatic carbocycles. The largest absolute Gasteiger partial charge is 0.481 e. The van der Waals surface area contributed by atoms with Gasteiger partial charge in [-0.3, -0.25) is 9.69 Å². The van der Waals surface area contributed by atoms with Crippen molar-refractivity contribution in [3.8, 4) is 0 Å². The Labute approximate surface area is 111 Å². The van der Waals surface area contributed by atoms with Crippen molar-refractivity contribution < 1.29 is 14.3 Å². The third-order valence-corrected chi connectivity index (χ3v) is 3.20. The van der Waals surface area contributed by atoms with Gasteiger partial charge in [0.1, 0.15) is 5.82 Å². The third-order valence-electron chi connectivity index (χ3n) is 2.90. The van der Waals surface area contributed by atoms with Crippen molar-refractivity contribution in [3.63, 3.8) is 0 Å². The van der Waals surface area contributed by atoms with Crippen LogP contribution in [0.3, 0.4) is 0 Å². The molecule has 1 N–H and O–H groups in total. The van der Waals surface area contributed by atoms with Gasteiger partial charge in [0.25, 0.3) is 0 Å². The van der Waals surface area contributed by atoms with Crippen molar-refractivity contribution >= 4 is 17.6 Å². The molecule has 100 valence electrons. The third kappa shape index (κ3) is 3.96. The molecule has 1 atom stereocenters. The summed E-state index contributed by atoms with van der Waals surface area (Å²) >= 11 is 5.72. The second-order valence-corrected chi connectivity index (χ2v) is 4.63. The molecule has 18 heavy (non-hydrogen) atoms. The summed E-state index contributed by atoms with van der Waals surface area (Å²) in [6, 6.07) is 4.71. The Kier molecular flexibility index (Phi) is 5.56. The topological polar surface area (TPSA) is 40.5 Å². The van der Waals surface area contributed by atoms with Gasteiger partial charge in [0.2, 0.25) is 0 Å². The molecule has 1 aromatic rings. The van der Waals surface area contributed by atoms with Crippen LogP contribution in [0.4, 0.5) is 4.39 Å². The van der Waals surface area contributed by atoms with Crippen molar-refractivity contribution in [2.24, 2.45) is 0 Å². The van der Waals surface area contributed by atoms with Crippen molar-refractivity contribution in [2.45, 2.75) is 32.9 Å². The standard InChI is InChI=1S/C13H17ClFNO2/c1-3-16(9(2)7-12(17)18)8-10-5-4-6-11(14)13(10)15/h4-6,9H,3,7-8H2,1-2H3,(H,17,18). The van der Waals surface area contributed by atoms with Crippen molar-refractivity contribution in [2.75, 3.05) is 6.54 Å². The fourth-order valence-corrected chi connectivity index (χ4v) is 2.04. The summed E-state index contributed by atoms with van der Waals surface area (Å²) < 4.78 is 13.7. The molecule has 3 nitrogen and oxygen atoms in total. The van der Waals surface area contributed by atoms with Crippen LogP contribution in [0.25, 0.3) is 0 Å². The van der Waals surface area contributed by atoms with Gasteiger partial charge in [0, 0.05) is 18.2 Å². The average Bonchev–Trinajstić information content (AvgIpc) is 2.30. The van der Waals surface area contributed by atoms with Gasteiger partial charge >= 0.3 is 5.97 Å². The normalized spacial score (nSPS) is 12.7. The maximum atomic E-state index is 13.7. The van der Waals surface area contributed by atoms with Gasteiger partial charge in [0.15, 0.2) is 0 Å². The Hall–Kier alpha value is -1.13. The molecule has 0 saturated heterocycles. The maximum Gasteiger partial charge on any atom is 0.304 e. The molecule has 0 aromatic heterocycles. The smallest absolute Gasteiger partial charge is 0.304 e. The summed E-state index contributed by atoms with van der Waals surface area (Å²) in [5.41, 5.74) is 0.488. The lowest BCUT2D eigenvalue weighted by Crippen LogP contribution is -2.34. The van der Waals surface area contributed by atoms with Crippen LogP contribution in [0.15, 0.2) is 18.2 Å². The molecule has 0 saturated carbocycles. The molecule has 0 spiro atoms. The zero-order chi connectivity index (χ0) is 13.7. The first-order valence-corrected chi connectivity index (χ1v) is 6.22. The van der Waals surface area contributed by atoms with Crippen LogP contribution in [-0.4, -0.2) is 28.6 Å². The van der Waals surface area contributed by atoms with Crippen LogP contribution in [0.5, 0.6) is 0 Å². The Morgan fingerprint density at radius 3 is 2.78 bits per heavy atom. The minimum Gasteiger partial charge on any atom is -0.481 e. The number of carboxylic acids is 1. The minimum absolute atomic E-state index is 0.0377. The SMILES string of the molecule is CCN(Cc1cccc(Cl)c1F)C(C)CC(=O)O. The molecule has 0 aliphatic rings. The zero-order valence-corrected chi connectivity index (χ0v) is 11.2. The predicted octanol–water partition coefficient (Wildman–Crippen LogP) is 3.16. The Morgan fingerprint density at radius 1 is 1.56 bits per heavy atom. The lowest BCUT2D eigenvalue weighted by atomic mass is 10.1. The Morgan fingerprint density at radius 2 is 2.22 bits per heavy atom. The van der Waals surface area contributed by atoms with Gasteiger partial charge in [-0.2, -0.15) is 0 Å². The number of benzene rings is 1. The van der Waals surface area contributed by atoms with E-state index < -0.39 is 11.8 Å². The highest BCUT2D eigenvalue weighted by Gasteiger charge is 2.17. The van der Waals surface area contributed by atoms with Crippen LogP contribution in [-0.2, 0) is 11.3 Å². The molecule has 1 rings (SSSR count). The van der Waals surface area contributed by atoms with Gasteiger partial charge in [0.05, 0.1) is 11.4 Å².